The lowest BCUT2D eigenvalue weighted by Crippen LogP contribution is -2.13. The molecule has 0 aromatic carbocycles. The minimum Gasteiger partial charge on any atom is -0.509 e. The van der Waals surface area contributed by atoms with E-state index < -0.39 is 0 Å². The largest absolute Gasteiger partial charge is 0.509 e. The van der Waals surface area contributed by atoms with E-state index in [1.54, 1.807) is 12.4 Å². The number of carbonyl (C=O) groups excluding carboxylic acids is 1. The molecule has 2 heterocycles. The molecule has 0 spiro atoms. The molecule has 0 radical (unpaired) electrons. The molecule has 1 aliphatic carbocycles. The number of nitrogens with zero attached hydrogens (tertiary/aromatic N) is 2. The summed E-state index contributed by atoms with van der Waals surface area (Å²) in [5, 5.41) is 9.51. The Bertz CT molecular complexity index is 416. The molecule has 0 amide bonds. The first-order chi connectivity index (χ1) is 5.79. The van der Waals surface area contributed by atoms with Crippen molar-refractivity contribution in [1.29, 1.82) is 0 Å². The van der Waals surface area contributed by atoms with Crippen molar-refractivity contribution in [2.75, 3.05) is 0 Å². The number of rotatable bonds is 0. The van der Waals surface area contributed by atoms with Gasteiger partial charge in [0.05, 0.1) is 0 Å². The molecule has 1 N–H and O–H groups in total. The lowest BCUT2D eigenvalue weighted by atomic mass is 10.1. The van der Waals surface area contributed by atoms with Crippen LogP contribution in [0.3, 0.4) is 0 Å². The smallest absolute Gasteiger partial charge is 0.172 e. The van der Waals surface area contributed by atoms with Crippen molar-refractivity contribution >= 4 is 11.4 Å². The summed E-state index contributed by atoms with van der Waals surface area (Å²) in [6.07, 6.45) is 3.83. The number of hydrogen-bond donors (Lipinski definition) is 1. The molecule has 3 rings (SSSR count). The summed E-state index contributed by atoms with van der Waals surface area (Å²) in [4.78, 5) is 15.2. The molecule has 1 aromatic heterocycles. The number of allylic oxidation sites excluding steroid dienone is 2. The van der Waals surface area contributed by atoms with Crippen LogP contribution in [0.1, 0.15) is 18.3 Å². The molecule has 2 aliphatic rings. The van der Waals surface area contributed by atoms with E-state index in [2.05, 4.69) is 4.98 Å². The molecular formula is C8H6N2O2. The Kier molecular flexibility index (Phi) is 0.800. The van der Waals surface area contributed by atoms with Crippen molar-refractivity contribution < 1.29 is 9.90 Å². The van der Waals surface area contributed by atoms with E-state index in [0.717, 1.165) is 0 Å². The van der Waals surface area contributed by atoms with E-state index in [9.17, 15) is 9.90 Å². The lowest BCUT2D eigenvalue weighted by Gasteiger charge is -2.11. The third-order valence-corrected chi connectivity index (χ3v) is 2.46. The van der Waals surface area contributed by atoms with Crippen molar-refractivity contribution in [2.45, 2.75) is 12.5 Å². The Labute approximate surface area is 68.1 Å². The van der Waals surface area contributed by atoms with Gasteiger partial charge in [0.1, 0.15) is 23.2 Å². The van der Waals surface area contributed by atoms with Crippen LogP contribution in [0.5, 0.6) is 0 Å². The summed E-state index contributed by atoms with van der Waals surface area (Å²) < 4.78 is 1.84. The number of Topliss-reactive ketones (excluding diaryl/α,β-unsaturated/α-hetero) is 1. The van der Waals surface area contributed by atoms with Gasteiger partial charge in [-0.05, 0) is 0 Å². The van der Waals surface area contributed by atoms with Crippen LogP contribution in [-0.2, 0) is 4.79 Å². The average Bonchev–Trinajstić information content (AvgIpc) is 2.61. The molecule has 1 aromatic rings. The number of aliphatic hydroxyl groups is 1. The van der Waals surface area contributed by atoms with E-state index in [0.29, 0.717) is 17.8 Å². The number of aromatic nitrogens is 2. The van der Waals surface area contributed by atoms with Crippen LogP contribution in [0.4, 0.5) is 0 Å². The molecule has 60 valence electrons. The van der Waals surface area contributed by atoms with E-state index in [1.165, 1.54) is 0 Å². The van der Waals surface area contributed by atoms with Crippen LogP contribution < -0.4 is 0 Å². The molecule has 2 bridgehead atoms. The second kappa shape index (κ2) is 1.60. The van der Waals surface area contributed by atoms with Crippen molar-refractivity contribution in [3.8, 4) is 0 Å². The predicted molar refractivity (Wildman–Crippen MR) is 40.4 cm³/mol. The Balaban J connectivity index is 2.35. The van der Waals surface area contributed by atoms with Gasteiger partial charge in [-0.3, -0.25) is 4.79 Å². The summed E-state index contributed by atoms with van der Waals surface area (Å²) in [6.45, 7) is 0. The molecule has 0 saturated carbocycles. The number of hydrogen-bond acceptors (Lipinski definition) is 3. The fourth-order valence-electron chi connectivity index (χ4n) is 1.91. The molecule has 1 atom stereocenters. The number of aliphatic hydroxyl groups excluding tert-OH is 1. The number of imidazole rings is 1. The molecule has 12 heavy (non-hydrogen) atoms. The highest BCUT2D eigenvalue weighted by Gasteiger charge is 2.43. The molecule has 4 nitrogen and oxygen atoms in total. The molecule has 0 fully saturated rings. The second-order valence-corrected chi connectivity index (χ2v) is 3.06. The molecule has 1 aliphatic heterocycles. The zero-order valence-electron chi connectivity index (χ0n) is 6.19. The van der Waals surface area contributed by atoms with Gasteiger partial charge in [0.2, 0.25) is 0 Å². The summed E-state index contributed by atoms with van der Waals surface area (Å²) in [6, 6.07) is -0.162. The van der Waals surface area contributed by atoms with Gasteiger partial charge < -0.3 is 9.67 Å². The summed E-state index contributed by atoms with van der Waals surface area (Å²) >= 11 is 0. The maximum Gasteiger partial charge on any atom is 0.172 e. The van der Waals surface area contributed by atoms with Gasteiger partial charge in [-0.1, -0.05) is 0 Å². The van der Waals surface area contributed by atoms with E-state index in [-0.39, 0.29) is 17.6 Å². The van der Waals surface area contributed by atoms with E-state index in [1.807, 2.05) is 4.57 Å². The van der Waals surface area contributed by atoms with E-state index >= 15 is 0 Å². The van der Waals surface area contributed by atoms with Crippen LogP contribution in [0.25, 0.3) is 5.57 Å². The monoisotopic (exact) mass is 162 g/mol. The van der Waals surface area contributed by atoms with Crippen LogP contribution in [-0.4, -0.2) is 20.4 Å². The SMILES string of the molecule is O=C1CC2C(O)=C1c1nccn12. The van der Waals surface area contributed by atoms with Gasteiger partial charge in [0, 0.05) is 18.8 Å². The topological polar surface area (TPSA) is 55.1 Å². The maximum absolute atomic E-state index is 11.2. The summed E-state index contributed by atoms with van der Waals surface area (Å²) in [7, 11) is 0. The first-order valence-electron chi connectivity index (χ1n) is 3.78. The Morgan fingerprint density at radius 2 is 2.50 bits per heavy atom. The van der Waals surface area contributed by atoms with Gasteiger partial charge >= 0.3 is 0 Å². The zero-order chi connectivity index (χ0) is 8.29. The molecule has 0 saturated heterocycles. The third kappa shape index (κ3) is 0.441. The number of carbonyl (C=O) groups is 1. The number of ketones is 1. The van der Waals surface area contributed by atoms with Crippen molar-refractivity contribution in [3.05, 3.63) is 24.0 Å². The van der Waals surface area contributed by atoms with Crippen molar-refractivity contribution in [3.63, 3.8) is 0 Å². The Morgan fingerprint density at radius 1 is 1.67 bits per heavy atom. The van der Waals surface area contributed by atoms with Gasteiger partial charge in [-0.2, -0.15) is 0 Å². The fraction of sp³-hybridized carbons (Fsp3) is 0.250. The zero-order valence-corrected chi connectivity index (χ0v) is 6.19. The van der Waals surface area contributed by atoms with Gasteiger partial charge in [-0.15, -0.1) is 0 Å². The van der Waals surface area contributed by atoms with Crippen LogP contribution in [0, 0.1) is 0 Å². The van der Waals surface area contributed by atoms with Crippen molar-refractivity contribution in [1.82, 2.24) is 9.55 Å². The minimum atomic E-state index is -0.162. The molecule has 1 unspecified atom stereocenters. The highest BCUT2D eigenvalue weighted by molar-refractivity contribution is 6.24. The lowest BCUT2D eigenvalue weighted by molar-refractivity contribution is -0.114. The van der Waals surface area contributed by atoms with Gasteiger partial charge in [-0.25, -0.2) is 4.98 Å². The fourth-order valence-corrected chi connectivity index (χ4v) is 1.91. The minimum absolute atomic E-state index is 0.0104. The molecule has 4 heteroatoms. The first-order valence-corrected chi connectivity index (χ1v) is 3.78. The van der Waals surface area contributed by atoms with Crippen LogP contribution >= 0.6 is 0 Å². The van der Waals surface area contributed by atoms with E-state index in [4.69, 9.17) is 0 Å². The highest BCUT2D eigenvalue weighted by atomic mass is 16.3. The first kappa shape index (κ1) is 5.99. The molecular weight excluding hydrogens is 156 g/mol. The van der Waals surface area contributed by atoms with Gasteiger partial charge in [0.25, 0.3) is 0 Å². The standard InChI is InChI=1S/C8H6N2O2/c11-5-3-4-7(12)6(5)8-9-1-2-10(4)8/h1-2,4,12H,3H2. The summed E-state index contributed by atoms with van der Waals surface area (Å²) in [5.74, 6) is 0.827. The average molecular weight is 162 g/mol. The van der Waals surface area contributed by atoms with Crippen LogP contribution in [0.2, 0.25) is 0 Å². The van der Waals surface area contributed by atoms with Crippen molar-refractivity contribution in [2.24, 2.45) is 0 Å². The summed E-state index contributed by atoms with van der Waals surface area (Å²) in [5.41, 5.74) is 0.421. The quantitative estimate of drug-likeness (QED) is 0.610. The normalized spacial score (nSPS) is 25.3. The third-order valence-electron chi connectivity index (χ3n) is 2.46. The van der Waals surface area contributed by atoms with Crippen LogP contribution in [0.15, 0.2) is 18.2 Å². The Morgan fingerprint density at radius 3 is 3.33 bits per heavy atom. The predicted octanol–water partition coefficient (Wildman–Crippen LogP) is 0.680. The maximum atomic E-state index is 11.2. The number of fused-ring (bicyclic) bond motifs is 4. The van der Waals surface area contributed by atoms with Gasteiger partial charge in [0.15, 0.2) is 5.78 Å². The Hall–Kier alpha value is -1.58. The highest BCUT2D eigenvalue weighted by Crippen LogP contribution is 2.43. The second-order valence-electron chi connectivity index (χ2n) is 3.06.